The molecule has 0 saturated heterocycles. The maximum Gasteiger partial charge on any atom is 0.416 e. The van der Waals surface area contributed by atoms with Crippen LogP contribution in [0.4, 0.5) is 18.9 Å². The highest BCUT2D eigenvalue weighted by Gasteiger charge is 2.33. The molecule has 0 unspecified atom stereocenters. The van der Waals surface area contributed by atoms with E-state index in [9.17, 15) is 22.8 Å². The molecule has 3 rings (SSSR count). The van der Waals surface area contributed by atoms with Crippen LogP contribution in [0, 0.1) is 0 Å². The average Bonchev–Trinajstić information content (AvgIpc) is 2.61. The Kier molecular flexibility index (Phi) is 4.84. The Labute approximate surface area is 148 Å². The molecule has 0 N–H and O–H groups in total. The van der Waals surface area contributed by atoms with Gasteiger partial charge < -0.3 is 4.90 Å². The predicted molar refractivity (Wildman–Crippen MR) is 90.2 cm³/mol. The Morgan fingerprint density at radius 3 is 2.69 bits per heavy atom. The average molecular weight is 365 g/mol. The minimum absolute atomic E-state index is 0.103. The number of carbonyl (C=O) groups is 1. The summed E-state index contributed by atoms with van der Waals surface area (Å²) >= 11 is 0. The van der Waals surface area contributed by atoms with Crippen LogP contribution in [0.25, 0.3) is 0 Å². The van der Waals surface area contributed by atoms with Gasteiger partial charge in [0.15, 0.2) is 0 Å². The lowest BCUT2D eigenvalue weighted by atomic mass is 9.98. The van der Waals surface area contributed by atoms with Crippen molar-refractivity contribution in [3.05, 3.63) is 57.5 Å². The van der Waals surface area contributed by atoms with Crippen molar-refractivity contribution in [3.8, 4) is 0 Å². The summed E-state index contributed by atoms with van der Waals surface area (Å²) < 4.78 is 40.0. The number of aromatic nitrogens is 2. The Morgan fingerprint density at radius 2 is 2.00 bits per heavy atom. The maximum atomic E-state index is 12.9. The Hall–Kier alpha value is -2.64. The topological polar surface area (TPSA) is 55.2 Å². The van der Waals surface area contributed by atoms with Crippen molar-refractivity contribution in [2.24, 2.45) is 0 Å². The van der Waals surface area contributed by atoms with Gasteiger partial charge >= 0.3 is 6.18 Å². The SMILES string of the molecule is CCCn1nc(C(=O)N2CCCc3cc(C(F)(F)F)ccc32)ccc1=O. The number of benzene rings is 1. The molecule has 1 amide bonds. The van der Waals surface area contributed by atoms with E-state index in [1.54, 1.807) is 0 Å². The summed E-state index contributed by atoms with van der Waals surface area (Å²) in [5, 5.41) is 4.10. The minimum Gasteiger partial charge on any atom is -0.307 e. The summed E-state index contributed by atoms with van der Waals surface area (Å²) in [4.78, 5) is 26.0. The third kappa shape index (κ3) is 3.49. The van der Waals surface area contributed by atoms with Gasteiger partial charge in [-0.2, -0.15) is 18.3 Å². The van der Waals surface area contributed by atoms with E-state index in [2.05, 4.69) is 5.10 Å². The number of nitrogens with zero attached hydrogens (tertiary/aromatic N) is 3. The quantitative estimate of drug-likeness (QED) is 0.839. The van der Waals surface area contributed by atoms with E-state index >= 15 is 0 Å². The van der Waals surface area contributed by atoms with Crippen LogP contribution in [0.2, 0.25) is 0 Å². The van der Waals surface area contributed by atoms with Crippen LogP contribution in [0.5, 0.6) is 0 Å². The minimum atomic E-state index is -4.42. The van der Waals surface area contributed by atoms with Gasteiger partial charge in [0, 0.05) is 24.8 Å². The van der Waals surface area contributed by atoms with E-state index in [4.69, 9.17) is 0 Å². The third-order valence-electron chi connectivity index (χ3n) is 4.29. The highest BCUT2D eigenvalue weighted by atomic mass is 19.4. The fraction of sp³-hybridized carbons (Fsp3) is 0.389. The Morgan fingerprint density at radius 1 is 1.23 bits per heavy atom. The number of rotatable bonds is 3. The number of hydrogen-bond donors (Lipinski definition) is 0. The van der Waals surface area contributed by atoms with Crippen molar-refractivity contribution >= 4 is 11.6 Å². The standard InChI is InChI=1S/C18H18F3N3O2/c1-2-9-24-16(25)8-6-14(22-24)17(26)23-10-3-4-12-11-13(18(19,20)21)5-7-15(12)23/h5-8,11H,2-4,9-10H2,1H3. The molecule has 2 aromatic rings. The summed E-state index contributed by atoms with van der Waals surface area (Å²) in [5.74, 6) is -0.421. The van der Waals surface area contributed by atoms with Crippen molar-refractivity contribution < 1.29 is 18.0 Å². The molecular weight excluding hydrogens is 347 g/mol. The van der Waals surface area contributed by atoms with E-state index in [1.807, 2.05) is 6.92 Å². The molecule has 8 heteroatoms. The first-order chi connectivity index (χ1) is 12.3. The molecule has 0 bridgehead atoms. The fourth-order valence-electron chi connectivity index (χ4n) is 3.06. The normalized spacial score (nSPS) is 14.2. The lowest BCUT2D eigenvalue weighted by molar-refractivity contribution is -0.137. The summed E-state index contributed by atoms with van der Waals surface area (Å²) in [6, 6.07) is 6.05. The number of hydrogen-bond acceptors (Lipinski definition) is 3. The van der Waals surface area contributed by atoms with E-state index in [1.165, 1.54) is 27.8 Å². The highest BCUT2D eigenvalue weighted by Crippen LogP contribution is 2.35. The molecule has 0 spiro atoms. The first-order valence-electron chi connectivity index (χ1n) is 8.41. The van der Waals surface area contributed by atoms with Crippen LogP contribution >= 0.6 is 0 Å². The van der Waals surface area contributed by atoms with Gasteiger partial charge in [-0.15, -0.1) is 0 Å². The molecule has 1 aromatic carbocycles. The zero-order valence-corrected chi connectivity index (χ0v) is 14.2. The molecular formula is C18H18F3N3O2. The largest absolute Gasteiger partial charge is 0.416 e. The van der Waals surface area contributed by atoms with Crippen molar-refractivity contribution in [2.45, 2.75) is 38.9 Å². The van der Waals surface area contributed by atoms with E-state index in [0.29, 0.717) is 43.6 Å². The van der Waals surface area contributed by atoms with Crippen molar-refractivity contribution in [2.75, 3.05) is 11.4 Å². The summed E-state index contributed by atoms with van der Waals surface area (Å²) in [6.45, 7) is 2.68. The van der Waals surface area contributed by atoms with Crippen LogP contribution < -0.4 is 10.5 Å². The van der Waals surface area contributed by atoms with Gasteiger partial charge in [-0.1, -0.05) is 6.92 Å². The predicted octanol–water partition coefficient (Wildman–Crippen LogP) is 3.27. The highest BCUT2D eigenvalue weighted by molar-refractivity contribution is 6.05. The number of halogens is 3. The van der Waals surface area contributed by atoms with Crippen LogP contribution in [0.15, 0.2) is 35.1 Å². The third-order valence-corrected chi connectivity index (χ3v) is 4.29. The van der Waals surface area contributed by atoms with Crippen molar-refractivity contribution in [3.63, 3.8) is 0 Å². The first kappa shape index (κ1) is 18.2. The zero-order valence-electron chi connectivity index (χ0n) is 14.2. The molecule has 1 aromatic heterocycles. The molecule has 0 aliphatic carbocycles. The number of amides is 1. The maximum absolute atomic E-state index is 12.9. The fourth-order valence-corrected chi connectivity index (χ4v) is 3.06. The smallest absolute Gasteiger partial charge is 0.307 e. The molecule has 5 nitrogen and oxygen atoms in total. The van der Waals surface area contributed by atoms with Gasteiger partial charge in [0.1, 0.15) is 5.69 Å². The van der Waals surface area contributed by atoms with Gasteiger partial charge in [-0.25, -0.2) is 4.68 Å². The van der Waals surface area contributed by atoms with Gasteiger partial charge in [0.05, 0.1) is 5.56 Å². The Balaban J connectivity index is 1.95. The number of carbonyl (C=O) groups excluding carboxylic acids is 1. The first-order valence-corrected chi connectivity index (χ1v) is 8.41. The molecule has 0 saturated carbocycles. The molecule has 1 aliphatic rings. The number of anilines is 1. The van der Waals surface area contributed by atoms with Crippen molar-refractivity contribution in [1.29, 1.82) is 0 Å². The van der Waals surface area contributed by atoms with Crippen LogP contribution in [-0.2, 0) is 19.1 Å². The van der Waals surface area contributed by atoms with Gasteiger partial charge in [0.25, 0.3) is 11.5 Å². The van der Waals surface area contributed by atoms with Crippen molar-refractivity contribution in [1.82, 2.24) is 9.78 Å². The zero-order chi connectivity index (χ0) is 18.9. The summed E-state index contributed by atoms with van der Waals surface area (Å²) in [5.41, 5.74) is 0.0360. The molecule has 138 valence electrons. The second-order valence-corrected chi connectivity index (χ2v) is 6.18. The summed E-state index contributed by atoms with van der Waals surface area (Å²) in [6.07, 6.45) is -2.68. The number of fused-ring (bicyclic) bond motifs is 1. The number of aryl methyl sites for hydroxylation is 2. The molecule has 26 heavy (non-hydrogen) atoms. The molecule has 0 fully saturated rings. The monoisotopic (exact) mass is 365 g/mol. The lowest BCUT2D eigenvalue weighted by Crippen LogP contribution is -2.37. The van der Waals surface area contributed by atoms with Crippen LogP contribution in [0.1, 0.15) is 41.4 Å². The second kappa shape index (κ2) is 6.93. The van der Waals surface area contributed by atoms with Crippen LogP contribution in [0.3, 0.4) is 0 Å². The lowest BCUT2D eigenvalue weighted by Gasteiger charge is -2.30. The van der Waals surface area contributed by atoms with E-state index < -0.39 is 17.6 Å². The summed E-state index contributed by atoms with van der Waals surface area (Å²) in [7, 11) is 0. The molecule has 0 atom stereocenters. The molecule has 1 aliphatic heterocycles. The Bertz CT molecular complexity index is 890. The van der Waals surface area contributed by atoms with E-state index in [-0.39, 0.29) is 11.3 Å². The van der Waals surface area contributed by atoms with Gasteiger partial charge in [-0.05, 0) is 49.1 Å². The second-order valence-electron chi connectivity index (χ2n) is 6.18. The van der Waals surface area contributed by atoms with Crippen LogP contribution in [-0.4, -0.2) is 22.2 Å². The van der Waals surface area contributed by atoms with E-state index in [0.717, 1.165) is 12.1 Å². The molecule has 2 heterocycles. The molecule has 0 radical (unpaired) electrons. The van der Waals surface area contributed by atoms with Gasteiger partial charge in [0.2, 0.25) is 0 Å². The number of alkyl halides is 3. The van der Waals surface area contributed by atoms with Gasteiger partial charge in [-0.3, -0.25) is 9.59 Å².